The Labute approximate surface area is 184 Å². The average molecular weight is 449 g/mol. The number of ether oxygens (including phenoxy) is 1. The summed E-state index contributed by atoms with van der Waals surface area (Å²) < 4.78 is 41.5. The second-order valence-corrected chi connectivity index (χ2v) is 8.07. The number of benzene rings is 2. The molecule has 0 radical (unpaired) electrons. The zero-order valence-electron chi connectivity index (χ0n) is 18.2. The van der Waals surface area contributed by atoms with Crippen molar-refractivity contribution in [1.29, 1.82) is 0 Å². The van der Waals surface area contributed by atoms with E-state index in [2.05, 4.69) is 10.1 Å². The molecule has 0 bridgehead atoms. The molecule has 0 aliphatic carbocycles. The van der Waals surface area contributed by atoms with Crippen molar-refractivity contribution >= 4 is 23.3 Å². The minimum absolute atomic E-state index is 0.143. The van der Waals surface area contributed by atoms with Crippen LogP contribution < -0.4 is 15.0 Å². The van der Waals surface area contributed by atoms with Crippen LogP contribution in [0.15, 0.2) is 42.5 Å². The van der Waals surface area contributed by atoms with E-state index in [4.69, 9.17) is 0 Å². The van der Waals surface area contributed by atoms with E-state index in [0.717, 1.165) is 5.56 Å². The third-order valence-corrected chi connectivity index (χ3v) is 5.04. The molecule has 0 aromatic heterocycles. The number of halogens is 3. The van der Waals surface area contributed by atoms with Gasteiger partial charge in [0, 0.05) is 25.6 Å². The summed E-state index contributed by atoms with van der Waals surface area (Å²) in [6, 6.07) is 10.8. The molecule has 1 N–H and O–H groups in total. The first kappa shape index (κ1) is 23.4. The maximum atomic E-state index is 13.2. The van der Waals surface area contributed by atoms with Crippen LogP contribution in [0.2, 0.25) is 0 Å². The van der Waals surface area contributed by atoms with Gasteiger partial charge in [-0.25, -0.2) is 4.79 Å². The fourth-order valence-electron chi connectivity index (χ4n) is 3.48. The number of rotatable bonds is 6. The van der Waals surface area contributed by atoms with E-state index < -0.39 is 6.36 Å². The van der Waals surface area contributed by atoms with Crippen molar-refractivity contribution in [3.63, 3.8) is 0 Å². The van der Waals surface area contributed by atoms with Crippen LogP contribution in [0.3, 0.4) is 0 Å². The van der Waals surface area contributed by atoms with Gasteiger partial charge in [-0.15, -0.1) is 13.2 Å². The third-order valence-electron chi connectivity index (χ3n) is 5.04. The maximum absolute atomic E-state index is 13.2. The van der Waals surface area contributed by atoms with Gasteiger partial charge in [0.25, 0.3) is 0 Å². The molecule has 1 saturated heterocycles. The van der Waals surface area contributed by atoms with E-state index in [-0.39, 0.29) is 30.2 Å². The Hall–Kier alpha value is -3.23. The SMILES string of the molecule is Cc1ccc(N2CCCN(Cc3cccc(OC(F)(F)F)c3)C2=O)c(NC(=O)C(C)C)c1. The van der Waals surface area contributed by atoms with Crippen LogP contribution in [0, 0.1) is 12.8 Å². The molecule has 172 valence electrons. The van der Waals surface area contributed by atoms with Crippen LogP contribution >= 0.6 is 0 Å². The zero-order chi connectivity index (χ0) is 23.5. The lowest BCUT2D eigenvalue weighted by molar-refractivity contribution is -0.274. The van der Waals surface area contributed by atoms with E-state index >= 15 is 0 Å². The Bertz CT molecular complexity index is 992. The summed E-state index contributed by atoms with van der Waals surface area (Å²) in [5, 5.41) is 2.89. The molecule has 1 aliphatic rings. The van der Waals surface area contributed by atoms with Gasteiger partial charge < -0.3 is 15.0 Å². The molecule has 9 heteroatoms. The summed E-state index contributed by atoms with van der Waals surface area (Å²) in [5.74, 6) is -0.698. The Balaban J connectivity index is 1.80. The van der Waals surface area contributed by atoms with Gasteiger partial charge in [-0.1, -0.05) is 32.0 Å². The van der Waals surface area contributed by atoms with Crippen LogP contribution in [-0.2, 0) is 11.3 Å². The van der Waals surface area contributed by atoms with Crippen molar-refractivity contribution in [2.45, 2.75) is 40.1 Å². The molecular formula is C23H26F3N3O3. The van der Waals surface area contributed by atoms with E-state index in [0.29, 0.717) is 36.4 Å². The van der Waals surface area contributed by atoms with E-state index in [1.165, 1.54) is 18.2 Å². The van der Waals surface area contributed by atoms with Gasteiger partial charge in [0.05, 0.1) is 11.4 Å². The average Bonchev–Trinajstić information content (AvgIpc) is 2.69. The predicted octanol–water partition coefficient (Wildman–Crippen LogP) is 5.32. The van der Waals surface area contributed by atoms with Gasteiger partial charge in [-0.3, -0.25) is 9.69 Å². The molecule has 1 heterocycles. The lowest BCUT2D eigenvalue weighted by Gasteiger charge is -2.36. The quantitative estimate of drug-likeness (QED) is 0.649. The molecule has 1 fully saturated rings. The monoisotopic (exact) mass is 449 g/mol. The molecule has 0 saturated carbocycles. The molecule has 3 rings (SSSR count). The molecule has 0 unspecified atom stereocenters. The number of alkyl halides is 3. The number of carbonyl (C=O) groups excluding carboxylic acids is 2. The minimum Gasteiger partial charge on any atom is -0.406 e. The summed E-state index contributed by atoms with van der Waals surface area (Å²) in [6.07, 6.45) is -4.10. The number of nitrogens with zero attached hydrogens (tertiary/aromatic N) is 2. The molecule has 0 atom stereocenters. The van der Waals surface area contributed by atoms with Crippen LogP contribution in [0.4, 0.5) is 29.3 Å². The molecule has 0 spiro atoms. The van der Waals surface area contributed by atoms with Crippen molar-refractivity contribution in [3.8, 4) is 5.75 Å². The highest BCUT2D eigenvalue weighted by Gasteiger charge is 2.32. The molecule has 2 aromatic carbocycles. The number of carbonyl (C=O) groups is 2. The minimum atomic E-state index is -4.78. The predicted molar refractivity (Wildman–Crippen MR) is 116 cm³/mol. The zero-order valence-corrected chi connectivity index (χ0v) is 18.2. The number of nitrogens with one attached hydrogen (secondary N) is 1. The highest BCUT2D eigenvalue weighted by Crippen LogP contribution is 2.31. The Morgan fingerprint density at radius 2 is 1.91 bits per heavy atom. The lowest BCUT2D eigenvalue weighted by Crippen LogP contribution is -2.49. The number of hydrogen-bond donors (Lipinski definition) is 1. The fraction of sp³-hybridized carbons (Fsp3) is 0.391. The normalized spacial score (nSPS) is 14.7. The first-order chi connectivity index (χ1) is 15.0. The number of anilines is 2. The maximum Gasteiger partial charge on any atom is 0.573 e. The van der Waals surface area contributed by atoms with Crippen LogP contribution in [0.25, 0.3) is 0 Å². The smallest absolute Gasteiger partial charge is 0.406 e. The summed E-state index contributed by atoms with van der Waals surface area (Å²) in [4.78, 5) is 28.7. The van der Waals surface area contributed by atoms with E-state index in [1.54, 1.807) is 35.8 Å². The summed E-state index contributed by atoms with van der Waals surface area (Å²) in [5.41, 5.74) is 2.61. The largest absolute Gasteiger partial charge is 0.573 e. The van der Waals surface area contributed by atoms with Gasteiger partial charge in [0.1, 0.15) is 5.75 Å². The lowest BCUT2D eigenvalue weighted by atomic mass is 10.1. The second kappa shape index (κ2) is 9.50. The number of urea groups is 1. The summed E-state index contributed by atoms with van der Waals surface area (Å²) in [7, 11) is 0. The first-order valence-corrected chi connectivity index (χ1v) is 10.4. The van der Waals surface area contributed by atoms with Crippen molar-refractivity contribution in [1.82, 2.24) is 4.90 Å². The standard InChI is InChI=1S/C23H26F3N3O3/c1-15(2)21(30)27-19-12-16(3)8-9-20(19)29-11-5-10-28(22(29)31)14-17-6-4-7-18(13-17)32-23(24,25)26/h4,6-9,12-13,15H,5,10-11,14H2,1-3H3,(H,27,30). The van der Waals surface area contributed by atoms with Crippen LogP contribution in [0.5, 0.6) is 5.75 Å². The van der Waals surface area contributed by atoms with Crippen molar-refractivity contribution in [2.24, 2.45) is 5.92 Å². The number of hydrogen-bond acceptors (Lipinski definition) is 3. The summed E-state index contributed by atoms with van der Waals surface area (Å²) >= 11 is 0. The number of amides is 3. The molecular weight excluding hydrogens is 423 g/mol. The van der Waals surface area contributed by atoms with Gasteiger partial charge in [0.2, 0.25) is 5.91 Å². The molecule has 32 heavy (non-hydrogen) atoms. The van der Waals surface area contributed by atoms with Gasteiger partial charge in [0.15, 0.2) is 0 Å². The van der Waals surface area contributed by atoms with E-state index in [1.807, 2.05) is 19.1 Å². The van der Waals surface area contributed by atoms with Gasteiger partial charge in [-0.05, 0) is 48.7 Å². The molecule has 1 aliphatic heterocycles. The fourth-order valence-corrected chi connectivity index (χ4v) is 3.48. The Morgan fingerprint density at radius 1 is 1.16 bits per heavy atom. The third kappa shape index (κ3) is 5.93. The van der Waals surface area contributed by atoms with E-state index in [9.17, 15) is 22.8 Å². The molecule has 6 nitrogen and oxygen atoms in total. The van der Waals surface area contributed by atoms with Crippen molar-refractivity contribution in [2.75, 3.05) is 23.3 Å². The van der Waals surface area contributed by atoms with Crippen LogP contribution in [-0.4, -0.2) is 36.3 Å². The summed E-state index contributed by atoms with van der Waals surface area (Å²) in [6.45, 7) is 6.56. The highest BCUT2D eigenvalue weighted by atomic mass is 19.4. The topological polar surface area (TPSA) is 61.9 Å². The van der Waals surface area contributed by atoms with Gasteiger partial charge >= 0.3 is 12.4 Å². The van der Waals surface area contributed by atoms with Crippen LogP contribution in [0.1, 0.15) is 31.4 Å². The molecule has 2 aromatic rings. The van der Waals surface area contributed by atoms with Gasteiger partial charge in [-0.2, -0.15) is 0 Å². The highest BCUT2D eigenvalue weighted by molar-refractivity contribution is 6.01. The Morgan fingerprint density at radius 3 is 2.59 bits per heavy atom. The Kier molecular flexibility index (Phi) is 6.96. The first-order valence-electron chi connectivity index (χ1n) is 10.4. The van der Waals surface area contributed by atoms with Crippen molar-refractivity contribution < 1.29 is 27.5 Å². The second-order valence-electron chi connectivity index (χ2n) is 8.07. The number of aryl methyl sites for hydroxylation is 1. The molecule has 3 amide bonds. The van der Waals surface area contributed by atoms with Crippen molar-refractivity contribution in [3.05, 3.63) is 53.6 Å².